The Balaban J connectivity index is 3.44. The number of carboxylic acid groups (broad SMARTS) is 1. The van der Waals surface area contributed by atoms with Crippen molar-refractivity contribution in [1.29, 1.82) is 0 Å². The number of sulfonamides is 1. The second-order valence-electron chi connectivity index (χ2n) is 3.58. The van der Waals surface area contributed by atoms with E-state index in [2.05, 4.69) is 5.92 Å². The van der Waals surface area contributed by atoms with Gasteiger partial charge in [0.15, 0.2) is 5.82 Å². The highest BCUT2D eigenvalue weighted by Gasteiger charge is 2.26. The third kappa shape index (κ3) is 3.44. The SMILES string of the molecule is C#CC(C)NS(=O)(=O)c1cc(Cl)cc(C(=O)O)c1F. The van der Waals surface area contributed by atoms with Gasteiger partial charge in [-0.05, 0) is 19.1 Å². The van der Waals surface area contributed by atoms with Crippen molar-refractivity contribution in [3.63, 3.8) is 0 Å². The van der Waals surface area contributed by atoms with Gasteiger partial charge in [0.1, 0.15) is 4.90 Å². The number of carbonyl (C=O) groups is 1. The van der Waals surface area contributed by atoms with Crippen molar-refractivity contribution in [2.45, 2.75) is 17.9 Å². The molecule has 0 heterocycles. The van der Waals surface area contributed by atoms with E-state index >= 15 is 0 Å². The molecule has 1 rings (SSSR count). The lowest BCUT2D eigenvalue weighted by Gasteiger charge is -2.11. The van der Waals surface area contributed by atoms with E-state index in [1.807, 2.05) is 4.72 Å². The average Bonchev–Trinajstić information content (AvgIpc) is 2.30. The lowest BCUT2D eigenvalue weighted by molar-refractivity contribution is 0.0691. The van der Waals surface area contributed by atoms with Gasteiger partial charge in [-0.2, -0.15) is 4.72 Å². The predicted molar refractivity (Wildman–Crippen MR) is 67.0 cm³/mol. The van der Waals surface area contributed by atoms with Crippen LogP contribution in [-0.4, -0.2) is 25.5 Å². The number of hydrogen-bond donors (Lipinski definition) is 2. The van der Waals surface area contributed by atoms with E-state index in [1.54, 1.807) is 0 Å². The van der Waals surface area contributed by atoms with Gasteiger partial charge in [0.05, 0.1) is 11.6 Å². The van der Waals surface area contributed by atoms with Gasteiger partial charge in [-0.1, -0.05) is 17.5 Å². The summed E-state index contributed by atoms with van der Waals surface area (Å²) in [7, 11) is -4.30. The molecule has 0 amide bonds. The van der Waals surface area contributed by atoms with Gasteiger partial charge in [0.2, 0.25) is 10.0 Å². The topological polar surface area (TPSA) is 83.5 Å². The molecule has 2 N–H and O–H groups in total. The van der Waals surface area contributed by atoms with E-state index in [9.17, 15) is 17.6 Å². The van der Waals surface area contributed by atoms with Gasteiger partial charge in [-0.25, -0.2) is 17.6 Å². The Kier molecular flexibility index (Phi) is 4.52. The summed E-state index contributed by atoms with van der Waals surface area (Å²) in [5.41, 5.74) is -0.832. The van der Waals surface area contributed by atoms with Crippen molar-refractivity contribution in [2.75, 3.05) is 0 Å². The molecule has 0 radical (unpaired) electrons. The van der Waals surface area contributed by atoms with Gasteiger partial charge in [0.25, 0.3) is 0 Å². The first-order valence-corrected chi connectivity index (χ1v) is 6.76. The number of carboxylic acids is 1. The number of terminal acetylenes is 1. The fourth-order valence-corrected chi connectivity index (χ4v) is 2.82. The highest BCUT2D eigenvalue weighted by molar-refractivity contribution is 7.89. The lowest BCUT2D eigenvalue weighted by atomic mass is 10.2. The van der Waals surface area contributed by atoms with Crippen molar-refractivity contribution < 1.29 is 22.7 Å². The monoisotopic (exact) mass is 305 g/mol. The summed E-state index contributed by atoms with van der Waals surface area (Å²) in [6, 6.07) is 0.759. The van der Waals surface area contributed by atoms with Crippen LogP contribution in [0.1, 0.15) is 17.3 Å². The number of aromatic carboxylic acids is 1. The van der Waals surface area contributed by atoms with Crippen molar-refractivity contribution in [3.8, 4) is 12.3 Å². The summed E-state index contributed by atoms with van der Waals surface area (Å²) >= 11 is 5.58. The summed E-state index contributed by atoms with van der Waals surface area (Å²) in [6.45, 7) is 1.37. The zero-order chi connectivity index (χ0) is 14.8. The van der Waals surface area contributed by atoms with Crippen LogP contribution in [0.15, 0.2) is 17.0 Å². The average molecular weight is 306 g/mol. The largest absolute Gasteiger partial charge is 0.478 e. The molecular formula is C11H9ClFNO4S. The lowest BCUT2D eigenvalue weighted by Crippen LogP contribution is -2.32. The number of hydrogen-bond acceptors (Lipinski definition) is 3. The Morgan fingerprint density at radius 2 is 2.16 bits per heavy atom. The predicted octanol–water partition coefficient (Wildman–Crippen LogP) is 1.48. The normalized spacial score (nSPS) is 12.7. The van der Waals surface area contributed by atoms with Crippen LogP contribution < -0.4 is 4.72 Å². The Morgan fingerprint density at radius 3 is 2.63 bits per heavy atom. The second-order valence-corrected chi connectivity index (χ2v) is 5.70. The van der Waals surface area contributed by atoms with Crippen molar-refractivity contribution >= 4 is 27.6 Å². The molecule has 8 heteroatoms. The third-order valence-corrected chi connectivity index (χ3v) is 3.86. The van der Waals surface area contributed by atoms with E-state index in [0.29, 0.717) is 0 Å². The van der Waals surface area contributed by atoms with Crippen LogP contribution in [0, 0.1) is 18.2 Å². The molecule has 1 aromatic rings. The van der Waals surface area contributed by atoms with Gasteiger partial charge in [0, 0.05) is 5.02 Å². The molecule has 0 saturated heterocycles. The summed E-state index contributed by atoms with van der Waals surface area (Å²) in [5.74, 6) is -0.918. The van der Waals surface area contributed by atoms with Crippen LogP contribution in [0.5, 0.6) is 0 Å². The molecule has 0 aromatic heterocycles. The first kappa shape index (κ1) is 15.4. The maximum absolute atomic E-state index is 13.8. The van der Waals surface area contributed by atoms with Gasteiger partial charge in [-0.3, -0.25) is 0 Å². The Morgan fingerprint density at radius 1 is 1.58 bits per heavy atom. The minimum absolute atomic E-state index is 0.215. The third-order valence-electron chi connectivity index (χ3n) is 2.11. The molecule has 0 aliphatic heterocycles. The fraction of sp³-hybridized carbons (Fsp3) is 0.182. The van der Waals surface area contributed by atoms with Crippen molar-refractivity contribution in [2.24, 2.45) is 0 Å². The Bertz CT molecular complexity index is 666. The van der Waals surface area contributed by atoms with Gasteiger partial charge < -0.3 is 5.11 Å². The van der Waals surface area contributed by atoms with Gasteiger partial charge in [-0.15, -0.1) is 6.42 Å². The van der Waals surface area contributed by atoms with Crippen LogP contribution in [0.2, 0.25) is 5.02 Å². The van der Waals surface area contributed by atoms with Crippen molar-refractivity contribution in [3.05, 3.63) is 28.5 Å². The molecular weight excluding hydrogens is 297 g/mol. The molecule has 0 aliphatic rings. The molecule has 0 bridgehead atoms. The number of halogens is 2. The van der Waals surface area contributed by atoms with E-state index in [4.69, 9.17) is 23.1 Å². The molecule has 1 unspecified atom stereocenters. The number of rotatable bonds is 4. The maximum atomic E-state index is 13.8. The highest BCUT2D eigenvalue weighted by atomic mass is 35.5. The maximum Gasteiger partial charge on any atom is 0.338 e. The number of nitrogens with one attached hydrogen (secondary N) is 1. The van der Waals surface area contributed by atoms with E-state index in [1.165, 1.54) is 6.92 Å². The summed E-state index contributed by atoms with van der Waals surface area (Å²) in [4.78, 5) is 9.92. The molecule has 1 aromatic carbocycles. The van der Waals surface area contributed by atoms with Crippen LogP contribution in [0.4, 0.5) is 4.39 Å². The highest BCUT2D eigenvalue weighted by Crippen LogP contribution is 2.24. The second kappa shape index (κ2) is 5.57. The molecule has 5 nitrogen and oxygen atoms in total. The first-order valence-electron chi connectivity index (χ1n) is 4.90. The molecule has 0 aliphatic carbocycles. The van der Waals surface area contributed by atoms with Crippen LogP contribution in [0.3, 0.4) is 0 Å². The quantitative estimate of drug-likeness (QED) is 0.825. The Labute approximate surface area is 114 Å². The molecule has 19 heavy (non-hydrogen) atoms. The summed E-state index contributed by atoms with van der Waals surface area (Å²) in [5, 5.41) is 8.55. The molecule has 0 spiro atoms. The minimum Gasteiger partial charge on any atom is -0.478 e. The summed E-state index contributed by atoms with van der Waals surface area (Å²) in [6.07, 6.45) is 5.01. The van der Waals surface area contributed by atoms with Crippen LogP contribution in [0.25, 0.3) is 0 Å². The van der Waals surface area contributed by atoms with E-state index < -0.39 is 38.3 Å². The van der Waals surface area contributed by atoms with E-state index in [0.717, 1.165) is 12.1 Å². The van der Waals surface area contributed by atoms with Crippen molar-refractivity contribution in [1.82, 2.24) is 4.72 Å². The zero-order valence-electron chi connectivity index (χ0n) is 9.65. The zero-order valence-corrected chi connectivity index (χ0v) is 11.2. The molecule has 0 saturated carbocycles. The number of benzene rings is 1. The minimum atomic E-state index is -4.30. The molecule has 0 fully saturated rings. The van der Waals surface area contributed by atoms with Crippen LogP contribution in [-0.2, 0) is 10.0 Å². The van der Waals surface area contributed by atoms with Crippen LogP contribution >= 0.6 is 11.6 Å². The van der Waals surface area contributed by atoms with Gasteiger partial charge >= 0.3 is 5.97 Å². The fourth-order valence-electron chi connectivity index (χ4n) is 1.25. The summed E-state index contributed by atoms with van der Waals surface area (Å²) < 4.78 is 39.5. The van der Waals surface area contributed by atoms with E-state index in [-0.39, 0.29) is 5.02 Å². The standard InChI is InChI=1S/C11H9ClFNO4S/c1-3-6(2)14-19(17,18)9-5-7(12)4-8(10(9)13)11(15)16/h1,4-6,14H,2H3,(H,15,16). The Hall–Kier alpha value is -1.62. The first-order chi connectivity index (χ1) is 8.69. The molecule has 1 atom stereocenters. The molecule has 102 valence electrons. The smallest absolute Gasteiger partial charge is 0.338 e.